The zero-order valence-corrected chi connectivity index (χ0v) is 18.4. The summed E-state index contributed by atoms with van der Waals surface area (Å²) in [6.07, 6.45) is 4.81. The molecule has 0 radical (unpaired) electrons. The highest BCUT2D eigenvalue weighted by Gasteiger charge is 2.46. The van der Waals surface area contributed by atoms with E-state index in [-0.39, 0.29) is 13.0 Å². The van der Waals surface area contributed by atoms with Crippen LogP contribution in [0.4, 0.5) is 25.4 Å². The summed E-state index contributed by atoms with van der Waals surface area (Å²) in [5.74, 6) is -1.68. The second-order valence-corrected chi connectivity index (χ2v) is 8.59. The molecule has 168 valence electrons. The molecule has 0 spiro atoms. The van der Waals surface area contributed by atoms with Crippen molar-refractivity contribution in [1.82, 2.24) is 15.0 Å². The Morgan fingerprint density at radius 3 is 2.70 bits per heavy atom. The fourth-order valence-electron chi connectivity index (χ4n) is 3.81. The van der Waals surface area contributed by atoms with Crippen LogP contribution in [0.15, 0.2) is 78.6 Å². The molecule has 33 heavy (non-hydrogen) atoms. The van der Waals surface area contributed by atoms with Crippen LogP contribution in [-0.4, -0.2) is 27.4 Å². The summed E-state index contributed by atoms with van der Waals surface area (Å²) in [6.45, 7) is 0.0460. The second kappa shape index (κ2) is 9.11. The van der Waals surface area contributed by atoms with E-state index in [1.54, 1.807) is 29.6 Å². The number of hydrogen-bond donors (Lipinski definition) is 1. The monoisotopic (exact) mass is 465 g/mol. The summed E-state index contributed by atoms with van der Waals surface area (Å²) in [6, 6.07) is 16.1. The van der Waals surface area contributed by atoms with Gasteiger partial charge in [0.15, 0.2) is 16.7 Å². The van der Waals surface area contributed by atoms with Crippen LogP contribution in [0.3, 0.4) is 0 Å². The van der Waals surface area contributed by atoms with Crippen LogP contribution in [0.2, 0.25) is 0 Å². The van der Waals surface area contributed by atoms with Gasteiger partial charge >= 0.3 is 0 Å². The Morgan fingerprint density at radius 1 is 1.06 bits per heavy atom. The Bertz CT molecular complexity index is 1210. The number of thiazole rings is 1. The number of ether oxygens (including phenoxy) is 1. The van der Waals surface area contributed by atoms with Crippen molar-refractivity contribution in [2.45, 2.75) is 25.0 Å². The molecular weight excluding hydrogens is 444 g/mol. The summed E-state index contributed by atoms with van der Waals surface area (Å²) in [5, 5.41) is 5.58. The Hall–Kier alpha value is -3.59. The van der Waals surface area contributed by atoms with Crippen molar-refractivity contribution >= 4 is 28.0 Å². The molecule has 1 N–H and O–H groups in total. The van der Waals surface area contributed by atoms with Crippen LogP contribution in [0.5, 0.6) is 5.75 Å². The van der Waals surface area contributed by atoms with E-state index in [2.05, 4.69) is 20.3 Å². The third-order valence-corrected chi connectivity index (χ3v) is 6.14. The molecule has 4 aromatic rings. The van der Waals surface area contributed by atoms with Crippen LogP contribution in [0.1, 0.15) is 23.7 Å². The summed E-state index contributed by atoms with van der Waals surface area (Å²) in [5.41, 5.74) is 2.36. The molecule has 1 saturated heterocycles. The number of anilines is 3. The number of hydrogen-bond acceptors (Lipinski definition) is 7. The average molecular weight is 466 g/mol. The largest absolute Gasteiger partial charge is 0.485 e. The van der Waals surface area contributed by atoms with Crippen molar-refractivity contribution in [2.75, 3.05) is 16.8 Å². The first kappa shape index (κ1) is 21.3. The van der Waals surface area contributed by atoms with Gasteiger partial charge in [-0.3, -0.25) is 4.98 Å². The molecular formula is C24H21F2N5OS. The SMILES string of the molecule is FC1(F)C[C@H](c2csc(Nc3ncccc3OCc3ccncc3)n2)N(c2ccccc2)C1. The van der Waals surface area contributed by atoms with Crippen LogP contribution >= 0.6 is 11.3 Å². The van der Waals surface area contributed by atoms with Gasteiger partial charge < -0.3 is 15.0 Å². The molecule has 1 atom stereocenters. The molecule has 5 rings (SSSR count). The molecule has 0 saturated carbocycles. The van der Waals surface area contributed by atoms with Gasteiger partial charge in [0, 0.05) is 36.1 Å². The lowest BCUT2D eigenvalue weighted by atomic mass is 10.1. The van der Waals surface area contributed by atoms with Crippen LogP contribution in [0, 0.1) is 0 Å². The topological polar surface area (TPSA) is 63.2 Å². The fourth-order valence-corrected chi connectivity index (χ4v) is 4.57. The van der Waals surface area contributed by atoms with E-state index >= 15 is 0 Å². The maximum atomic E-state index is 14.3. The van der Waals surface area contributed by atoms with E-state index in [0.29, 0.717) is 29.0 Å². The number of benzene rings is 1. The van der Waals surface area contributed by atoms with E-state index in [1.807, 2.05) is 53.9 Å². The number of alkyl halides is 2. The van der Waals surface area contributed by atoms with Gasteiger partial charge in [0.1, 0.15) is 6.61 Å². The lowest BCUT2D eigenvalue weighted by molar-refractivity contribution is 0.0222. The van der Waals surface area contributed by atoms with E-state index in [9.17, 15) is 8.78 Å². The van der Waals surface area contributed by atoms with E-state index in [0.717, 1.165) is 11.3 Å². The average Bonchev–Trinajstić information content (AvgIpc) is 3.43. The molecule has 0 unspecified atom stereocenters. The van der Waals surface area contributed by atoms with Gasteiger partial charge in [0.2, 0.25) is 0 Å². The van der Waals surface area contributed by atoms with Crippen LogP contribution < -0.4 is 15.0 Å². The highest BCUT2D eigenvalue weighted by molar-refractivity contribution is 7.13. The number of nitrogens with one attached hydrogen (secondary N) is 1. The molecule has 0 bridgehead atoms. The van der Waals surface area contributed by atoms with E-state index < -0.39 is 12.0 Å². The van der Waals surface area contributed by atoms with Gasteiger partial charge in [-0.15, -0.1) is 11.3 Å². The minimum Gasteiger partial charge on any atom is -0.485 e. The highest BCUT2D eigenvalue weighted by Crippen LogP contribution is 2.44. The Kier molecular flexibility index (Phi) is 5.87. The third-order valence-electron chi connectivity index (χ3n) is 5.36. The van der Waals surface area contributed by atoms with Crippen molar-refractivity contribution < 1.29 is 13.5 Å². The number of rotatable bonds is 7. The van der Waals surface area contributed by atoms with Gasteiger partial charge in [0.25, 0.3) is 5.92 Å². The van der Waals surface area contributed by atoms with Crippen molar-refractivity contribution in [2.24, 2.45) is 0 Å². The first-order valence-corrected chi connectivity index (χ1v) is 11.3. The lowest BCUT2D eigenvalue weighted by Gasteiger charge is -2.24. The zero-order chi connectivity index (χ0) is 22.7. The van der Waals surface area contributed by atoms with Crippen LogP contribution in [-0.2, 0) is 6.61 Å². The van der Waals surface area contributed by atoms with Crippen molar-refractivity contribution in [3.63, 3.8) is 0 Å². The summed E-state index contributed by atoms with van der Waals surface area (Å²) in [7, 11) is 0. The number of aromatic nitrogens is 3. The van der Waals surface area contributed by atoms with Crippen LogP contribution in [0.25, 0.3) is 0 Å². The standard InChI is InChI=1S/C24H21F2N5OS/c25-24(26)13-20(31(16-24)18-5-2-1-3-6-18)19-15-33-23(29-19)30-22-21(7-4-10-28-22)32-14-17-8-11-27-12-9-17/h1-12,15,20H,13-14,16H2,(H,28,29,30)/t20-/m1/s1. The molecule has 6 nitrogen and oxygen atoms in total. The van der Waals surface area contributed by atoms with Gasteiger partial charge in [0.05, 0.1) is 18.3 Å². The minimum absolute atomic E-state index is 0.269. The van der Waals surface area contributed by atoms with Crippen molar-refractivity contribution in [3.8, 4) is 5.75 Å². The molecule has 1 aromatic carbocycles. The second-order valence-electron chi connectivity index (χ2n) is 7.74. The third kappa shape index (κ3) is 4.93. The highest BCUT2D eigenvalue weighted by atomic mass is 32.1. The summed E-state index contributed by atoms with van der Waals surface area (Å²) >= 11 is 1.35. The van der Waals surface area contributed by atoms with Crippen molar-refractivity contribution in [1.29, 1.82) is 0 Å². The molecule has 0 aliphatic carbocycles. The Balaban J connectivity index is 1.33. The Morgan fingerprint density at radius 2 is 1.88 bits per heavy atom. The molecule has 1 aliphatic rings. The predicted octanol–water partition coefficient (Wildman–Crippen LogP) is 5.84. The number of nitrogens with zero attached hydrogens (tertiary/aromatic N) is 4. The first-order valence-electron chi connectivity index (χ1n) is 10.5. The summed E-state index contributed by atoms with van der Waals surface area (Å²) < 4.78 is 34.6. The molecule has 1 aliphatic heterocycles. The van der Waals surface area contributed by atoms with Gasteiger partial charge in [-0.1, -0.05) is 18.2 Å². The lowest BCUT2D eigenvalue weighted by Crippen LogP contribution is -2.26. The van der Waals surface area contributed by atoms with Gasteiger partial charge in [-0.2, -0.15) is 0 Å². The zero-order valence-electron chi connectivity index (χ0n) is 17.6. The molecule has 4 heterocycles. The number of pyridine rings is 2. The first-order chi connectivity index (χ1) is 16.1. The maximum Gasteiger partial charge on any atom is 0.267 e. The van der Waals surface area contributed by atoms with Crippen molar-refractivity contribution in [3.05, 3.63) is 89.8 Å². The quantitative estimate of drug-likeness (QED) is 0.370. The Labute approximate surface area is 193 Å². The van der Waals surface area contributed by atoms with Gasteiger partial charge in [-0.05, 0) is 42.0 Å². The van der Waals surface area contributed by atoms with Gasteiger partial charge in [-0.25, -0.2) is 18.7 Å². The van der Waals surface area contributed by atoms with E-state index in [4.69, 9.17) is 4.74 Å². The minimum atomic E-state index is -2.77. The summed E-state index contributed by atoms with van der Waals surface area (Å²) in [4.78, 5) is 14.7. The fraction of sp³-hybridized carbons (Fsp3) is 0.208. The molecule has 9 heteroatoms. The number of para-hydroxylation sites is 1. The smallest absolute Gasteiger partial charge is 0.267 e. The number of halogens is 2. The predicted molar refractivity (Wildman–Crippen MR) is 124 cm³/mol. The molecule has 0 amide bonds. The van der Waals surface area contributed by atoms with E-state index in [1.165, 1.54) is 11.3 Å². The normalized spacial score (nSPS) is 17.2. The maximum absolute atomic E-state index is 14.3. The molecule has 1 fully saturated rings. The molecule has 3 aromatic heterocycles.